The number of pyridine rings is 1. The van der Waals surface area contributed by atoms with Crippen LogP contribution < -0.4 is 29.0 Å². The predicted molar refractivity (Wildman–Crippen MR) is 92.3 cm³/mol. The molecular formula is C21H17FIN. The number of aromatic amines is 1. The van der Waals surface area contributed by atoms with Crippen molar-refractivity contribution in [1.29, 1.82) is 0 Å². The Balaban J connectivity index is 0.00000146. The molecule has 1 aromatic heterocycles. The maximum absolute atomic E-state index is 14.1. The molecule has 1 nitrogen and oxygen atoms in total. The van der Waals surface area contributed by atoms with Crippen LogP contribution in [0.25, 0.3) is 32.4 Å². The minimum atomic E-state index is -0.171. The normalized spacial score (nSPS) is 14.7. The van der Waals surface area contributed by atoms with Gasteiger partial charge in [0, 0.05) is 16.9 Å². The standard InChI is InChI=1S/C21H16FN.HI/c1-11-9-12(22)10-14-13-5-4-6-15-18(13)19-16(21(15,2)3)7-8-23-20(19)17(11)14;/h4-10H,1-3H3;1H. The highest BCUT2D eigenvalue weighted by molar-refractivity contribution is 6.27. The van der Waals surface area contributed by atoms with Gasteiger partial charge in [0.05, 0.1) is 10.8 Å². The SMILES string of the molecule is Cc1cc(F)cc2c3cccc4c3c3c(cc[nH+]c3c12)C4(C)C.[I-]. The maximum Gasteiger partial charge on any atom is 0.219 e. The van der Waals surface area contributed by atoms with E-state index in [1.807, 2.05) is 13.1 Å². The zero-order chi connectivity index (χ0) is 15.9. The highest BCUT2D eigenvalue weighted by atomic mass is 127. The van der Waals surface area contributed by atoms with Crippen molar-refractivity contribution >= 4 is 32.4 Å². The van der Waals surface area contributed by atoms with Crippen LogP contribution in [0.4, 0.5) is 4.39 Å². The van der Waals surface area contributed by atoms with Gasteiger partial charge in [0.1, 0.15) is 5.82 Å². The van der Waals surface area contributed by atoms with E-state index in [1.165, 1.54) is 21.9 Å². The lowest BCUT2D eigenvalue weighted by atomic mass is 9.82. The Morgan fingerprint density at radius 3 is 2.46 bits per heavy atom. The van der Waals surface area contributed by atoms with Crippen LogP contribution in [0.2, 0.25) is 0 Å². The molecule has 3 heteroatoms. The van der Waals surface area contributed by atoms with Crippen molar-refractivity contribution < 1.29 is 33.4 Å². The van der Waals surface area contributed by atoms with Crippen LogP contribution in [0, 0.1) is 12.7 Å². The smallest absolute Gasteiger partial charge is 0.219 e. The van der Waals surface area contributed by atoms with Gasteiger partial charge in [-0.05, 0) is 46.5 Å². The van der Waals surface area contributed by atoms with Crippen LogP contribution in [-0.2, 0) is 5.41 Å². The predicted octanol–water partition coefficient (Wildman–Crippen LogP) is 2.05. The number of hydrogen-bond acceptors (Lipinski definition) is 0. The Labute approximate surface area is 156 Å². The number of rotatable bonds is 0. The Bertz CT molecular complexity index is 1160. The second-order valence-electron chi connectivity index (χ2n) is 7.14. The van der Waals surface area contributed by atoms with Crippen molar-refractivity contribution in [2.45, 2.75) is 26.2 Å². The van der Waals surface area contributed by atoms with Gasteiger partial charge in [0.2, 0.25) is 5.52 Å². The van der Waals surface area contributed by atoms with Gasteiger partial charge >= 0.3 is 0 Å². The summed E-state index contributed by atoms with van der Waals surface area (Å²) in [7, 11) is 0. The number of aromatic nitrogens is 1. The summed E-state index contributed by atoms with van der Waals surface area (Å²) in [5.41, 5.74) is 4.76. The first kappa shape index (κ1) is 15.8. The molecule has 0 radical (unpaired) electrons. The number of fused-ring (bicyclic) bond motifs is 3. The Morgan fingerprint density at radius 2 is 1.67 bits per heavy atom. The van der Waals surface area contributed by atoms with Crippen molar-refractivity contribution in [1.82, 2.24) is 0 Å². The molecule has 1 aliphatic rings. The summed E-state index contributed by atoms with van der Waals surface area (Å²) in [5.74, 6) is -0.171. The van der Waals surface area contributed by atoms with Crippen LogP contribution in [0.3, 0.4) is 0 Å². The van der Waals surface area contributed by atoms with E-state index in [1.54, 1.807) is 12.1 Å². The molecule has 1 N–H and O–H groups in total. The van der Waals surface area contributed by atoms with Crippen LogP contribution in [-0.4, -0.2) is 0 Å². The summed E-state index contributed by atoms with van der Waals surface area (Å²) in [5, 5.41) is 5.85. The number of benzene rings is 3. The van der Waals surface area contributed by atoms with Gasteiger partial charge in [0.25, 0.3) is 0 Å². The molecule has 5 rings (SSSR count). The molecule has 3 aromatic carbocycles. The Kier molecular flexibility index (Phi) is 3.21. The van der Waals surface area contributed by atoms with E-state index < -0.39 is 0 Å². The lowest BCUT2D eigenvalue weighted by Crippen LogP contribution is -3.00. The van der Waals surface area contributed by atoms with Crippen molar-refractivity contribution in [3.63, 3.8) is 0 Å². The summed E-state index contributed by atoms with van der Waals surface area (Å²) in [4.78, 5) is 3.44. The van der Waals surface area contributed by atoms with Gasteiger partial charge in [-0.25, -0.2) is 9.37 Å². The van der Waals surface area contributed by atoms with Crippen LogP contribution >= 0.6 is 0 Å². The quantitative estimate of drug-likeness (QED) is 0.300. The second kappa shape index (κ2) is 4.88. The van der Waals surface area contributed by atoms with Gasteiger partial charge in [-0.1, -0.05) is 32.0 Å². The third-order valence-electron chi connectivity index (χ3n) is 5.50. The highest BCUT2D eigenvalue weighted by Crippen LogP contribution is 2.50. The largest absolute Gasteiger partial charge is 1.00 e. The Hall–Kier alpha value is -1.75. The zero-order valence-corrected chi connectivity index (χ0v) is 16.0. The number of H-pyrrole nitrogens is 1. The lowest BCUT2D eigenvalue weighted by molar-refractivity contribution is -0.343. The molecule has 0 amide bonds. The first-order valence-corrected chi connectivity index (χ1v) is 8.00. The van der Waals surface area contributed by atoms with E-state index in [2.05, 4.69) is 43.1 Å². The van der Waals surface area contributed by atoms with Crippen LogP contribution in [0.15, 0.2) is 42.6 Å². The average molecular weight is 429 g/mol. The van der Waals surface area contributed by atoms with Gasteiger partial charge in [-0.2, -0.15) is 0 Å². The third kappa shape index (κ3) is 1.71. The van der Waals surface area contributed by atoms with E-state index in [0.29, 0.717) is 0 Å². The molecule has 0 bridgehead atoms. The molecule has 1 aliphatic carbocycles. The summed E-state index contributed by atoms with van der Waals surface area (Å²) in [6, 6.07) is 11.9. The molecule has 4 aromatic rings. The maximum atomic E-state index is 14.1. The van der Waals surface area contributed by atoms with E-state index in [-0.39, 0.29) is 35.2 Å². The molecule has 24 heavy (non-hydrogen) atoms. The summed E-state index contributed by atoms with van der Waals surface area (Å²) >= 11 is 0. The van der Waals surface area contributed by atoms with E-state index in [4.69, 9.17) is 0 Å². The topological polar surface area (TPSA) is 14.1 Å². The summed E-state index contributed by atoms with van der Waals surface area (Å²) in [6.07, 6.45) is 2.01. The van der Waals surface area contributed by atoms with E-state index in [9.17, 15) is 4.39 Å². The minimum absolute atomic E-state index is 0. The fourth-order valence-corrected chi connectivity index (χ4v) is 4.48. The highest BCUT2D eigenvalue weighted by Gasteiger charge is 2.36. The monoisotopic (exact) mass is 429 g/mol. The molecule has 0 unspecified atom stereocenters. The first-order valence-electron chi connectivity index (χ1n) is 8.00. The first-order chi connectivity index (χ1) is 11.0. The molecule has 0 aliphatic heterocycles. The van der Waals surface area contributed by atoms with Gasteiger partial charge in [-0.3, -0.25) is 0 Å². The van der Waals surface area contributed by atoms with E-state index in [0.717, 1.165) is 27.2 Å². The molecular weight excluding hydrogens is 412 g/mol. The van der Waals surface area contributed by atoms with E-state index >= 15 is 0 Å². The second-order valence-corrected chi connectivity index (χ2v) is 7.14. The molecule has 0 spiro atoms. The number of hydrogen-bond donors (Lipinski definition) is 0. The summed E-state index contributed by atoms with van der Waals surface area (Å²) < 4.78 is 14.1. The van der Waals surface area contributed by atoms with Gasteiger partial charge in [-0.15, -0.1) is 0 Å². The molecule has 120 valence electrons. The number of aryl methyl sites for hydroxylation is 1. The third-order valence-corrected chi connectivity index (χ3v) is 5.50. The van der Waals surface area contributed by atoms with Gasteiger partial charge < -0.3 is 24.0 Å². The molecule has 0 atom stereocenters. The molecule has 0 saturated heterocycles. The molecule has 0 saturated carbocycles. The number of halogens is 2. The van der Waals surface area contributed by atoms with Crippen molar-refractivity contribution in [3.8, 4) is 0 Å². The minimum Gasteiger partial charge on any atom is -1.00 e. The molecule has 0 fully saturated rings. The van der Waals surface area contributed by atoms with Crippen molar-refractivity contribution in [3.05, 3.63) is 65.1 Å². The Morgan fingerprint density at radius 1 is 0.917 bits per heavy atom. The fraction of sp³-hybridized carbons (Fsp3) is 0.190. The van der Waals surface area contributed by atoms with Crippen molar-refractivity contribution in [2.24, 2.45) is 0 Å². The average Bonchev–Trinajstić information content (AvgIpc) is 2.75. The van der Waals surface area contributed by atoms with Crippen LogP contribution in [0.1, 0.15) is 30.5 Å². The van der Waals surface area contributed by atoms with Crippen LogP contribution in [0.5, 0.6) is 0 Å². The zero-order valence-electron chi connectivity index (χ0n) is 13.8. The fourth-order valence-electron chi connectivity index (χ4n) is 4.48. The lowest BCUT2D eigenvalue weighted by Gasteiger charge is -2.20. The van der Waals surface area contributed by atoms with Crippen molar-refractivity contribution in [2.75, 3.05) is 0 Å². The summed E-state index contributed by atoms with van der Waals surface area (Å²) in [6.45, 7) is 6.54. The molecule has 1 heterocycles. The number of nitrogens with one attached hydrogen (secondary N) is 1. The van der Waals surface area contributed by atoms with Gasteiger partial charge in [0.15, 0.2) is 6.20 Å².